The third-order valence-electron chi connectivity index (χ3n) is 6.41. The lowest BCUT2D eigenvalue weighted by Gasteiger charge is -2.27. The molecule has 1 aliphatic heterocycles. The first-order valence-electron chi connectivity index (χ1n) is 10.6. The predicted molar refractivity (Wildman–Crippen MR) is 129 cm³/mol. The topological polar surface area (TPSA) is 58.3 Å². The summed E-state index contributed by atoms with van der Waals surface area (Å²) in [4.78, 5) is 7.40. The Balaban J connectivity index is 0.00000240. The van der Waals surface area contributed by atoms with E-state index < -0.39 is 0 Å². The number of halogens is 1. The quantitative estimate of drug-likeness (QED) is 0.283. The highest BCUT2D eigenvalue weighted by atomic mass is 127. The van der Waals surface area contributed by atoms with Gasteiger partial charge in [-0.1, -0.05) is 44.4 Å². The number of guanidine groups is 1. The van der Waals surface area contributed by atoms with Gasteiger partial charge in [0.2, 0.25) is 0 Å². The Morgan fingerprint density at radius 2 is 1.97 bits per heavy atom. The van der Waals surface area contributed by atoms with Gasteiger partial charge in [-0.25, -0.2) is 4.99 Å². The zero-order valence-corrected chi connectivity index (χ0v) is 20.1. The van der Waals surface area contributed by atoms with Crippen molar-refractivity contribution in [1.29, 1.82) is 0 Å². The van der Waals surface area contributed by atoms with E-state index in [4.69, 9.17) is 4.99 Å². The van der Waals surface area contributed by atoms with Crippen LogP contribution in [-0.2, 0) is 19.0 Å². The number of fused-ring (bicyclic) bond motifs is 2. The molecule has 0 atom stereocenters. The monoisotopic (exact) mass is 508 g/mol. The van der Waals surface area contributed by atoms with Crippen LogP contribution in [0.15, 0.2) is 29.3 Å². The summed E-state index contributed by atoms with van der Waals surface area (Å²) in [5.41, 5.74) is 3.12. The molecule has 4 rings (SSSR count). The van der Waals surface area contributed by atoms with Gasteiger partial charge in [0.15, 0.2) is 11.8 Å². The van der Waals surface area contributed by atoms with E-state index in [-0.39, 0.29) is 24.0 Å². The molecule has 6 nitrogen and oxygen atoms in total. The van der Waals surface area contributed by atoms with E-state index in [1.807, 2.05) is 18.5 Å². The van der Waals surface area contributed by atoms with Crippen LogP contribution < -0.4 is 10.2 Å². The van der Waals surface area contributed by atoms with Gasteiger partial charge in [0.05, 0.1) is 0 Å². The molecule has 0 amide bonds. The van der Waals surface area contributed by atoms with Gasteiger partial charge in [0.1, 0.15) is 12.4 Å². The first-order chi connectivity index (χ1) is 13.6. The van der Waals surface area contributed by atoms with Crippen LogP contribution in [0.4, 0.5) is 5.69 Å². The Kier molecular flexibility index (Phi) is 7.19. The van der Waals surface area contributed by atoms with Crippen molar-refractivity contribution in [2.45, 2.75) is 64.3 Å². The van der Waals surface area contributed by atoms with Gasteiger partial charge in [-0.3, -0.25) is 0 Å². The molecule has 2 aliphatic rings. The molecule has 0 saturated heterocycles. The lowest BCUT2D eigenvalue weighted by molar-refractivity contribution is 0.478. The molecule has 1 aromatic heterocycles. The lowest BCUT2D eigenvalue weighted by atomic mass is 9.81. The number of rotatable bonds is 5. The summed E-state index contributed by atoms with van der Waals surface area (Å²) in [6.07, 6.45) is 7.54. The molecule has 158 valence electrons. The van der Waals surface area contributed by atoms with Crippen molar-refractivity contribution in [1.82, 2.24) is 20.1 Å². The zero-order valence-electron chi connectivity index (χ0n) is 17.8. The third-order valence-corrected chi connectivity index (χ3v) is 6.41. The van der Waals surface area contributed by atoms with Crippen molar-refractivity contribution in [2.24, 2.45) is 12.0 Å². The van der Waals surface area contributed by atoms with E-state index >= 15 is 0 Å². The van der Waals surface area contributed by atoms with Crippen molar-refractivity contribution >= 4 is 35.6 Å². The summed E-state index contributed by atoms with van der Waals surface area (Å²) in [5.74, 6) is 2.79. The number of anilines is 1. The molecular formula is C22H33IN6. The van der Waals surface area contributed by atoms with E-state index in [1.54, 1.807) is 0 Å². The van der Waals surface area contributed by atoms with Crippen LogP contribution in [0, 0.1) is 6.92 Å². The third kappa shape index (κ3) is 4.29. The fraction of sp³-hybridized carbons (Fsp3) is 0.591. The van der Waals surface area contributed by atoms with Crippen molar-refractivity contribution in [2.75, 3.05) is 18.0 Å². The fourth-order valence-electron chi connectivity index (χ4n) is 4.65. The van der Waals surface area contributed by atoms with E-state index in [2.05, 4.69) is 51.6 Å². The number of nitrogens with one attached hydrogen (secondary N) is 1. The molecule has 1 saturated carbocycles. The van der Waals surface area contributed by atoms with Gasteiger partial charge in [0, 0.05) is 31.2 Å². The van der Waals surface area contributed by atoms with Gasteiger partial charge in [-0.15, -0.1) is 34.2 Å². The maximum Gasteiger partial charge on any atom is 0.198 e. The van der Waals surface area contributed by atoms with E-state index in [1.165, 1.54) is 43.4 Å². The van der Waals surface area contributed by atoms with E-state index in [0.717, 1.165) is 37.1 Å². The SMILES string of the molecule is CCCCNC(=NCc1nnc(C)n1C)N1CC2(CCCC2)c2ccccc21.I. The number of unbranched alkanes of at least 4 members (excludes halogenated alkanes) is 1. The van der Waals surface area contributed by atoms with Crippen LogP contribution in [0.3, 0.4) is 0 Å². The number of benzene rings is 1. The second kappa shape index (κ2) is 9.45. The molecular weight excluding hydrogens is 475 g/mol. The minimum absolute atomic E-state index is 0. The molecule has 2 aromatic rings. The van der Waals surface area contributed by atoms with Crippen LogP contribution in [-0.4, -0.2) is 33.8 Å². The van der Waals surface area contributed by atoms with Crippen LogP contribution in [0.2, 0.25) is 0 Å². The summed E-state index contributed by atoms with van der Waals surface area (Å²) in [6, 6.07) is 8.92. The minimum Gasteiger partial charge on any atom is -0.356 e. The number of nitrogens with zero attached hydrogens (tertiary/aromatic N) is 5. The van der Waals surface area contributed by atoms with Crippen molar-refractivity contribution in [3.63, 3.8) is 0 Å². The molecule has 2 heterocycles. The summed E-state index contributed by atoms with van der Waals surface area (Å²) < 4.78 is 2.02. The van der Waals surface area contributed by atoms with Gasteiger partial charge >= 0.3 is 0 Å². The zero-order chi connectivity index (χ0) is 19.6. The van der Waals surface area contributed by atoms with Crippen LogP contribution >= 0.6 is 24.0 Å². The van der Waals surface area contributed by atoms with Gasteiger partial charge in [-0.2, -0.15) is 0 Å². The summed E-state index contributed by atoms with van der Waals surface area (Å²) >= 11 is 0. The average molecular weight is 508 g/mol. The number of aliphatic imine (C=N–C) groups is 1. The molecule has 0 unspecified atom stereocenters. The number of para-hydroxylation sites is 1. The Morgan fingerprint density at radius 1 is 1.21 bits per heavy atom. The second-order valence-electron chi connectivity index (χ2n) is 8.23. The Bertz CT molecular complexity index is 853. The maximum absolute atomic E-state index is 4.98. The highest BCUT2D eigenvalue weighted by Gasteiger charge is 2.45. The molecule has 1 fully saturated rings. The molecule has 1 aromatic carbocycles. The molecule has 0 radical (unpaired) electrons. The standard InChI is InChI=1S/C22H32N6.HI/c1-4-5-14-23-21(24-15-20-26-25-17(2)27(20)3)28-16-22(12-8-9-13-22)18-10-6-7-11-19(18)28;/h6-7,10-11H,4-5,8-9,12-16H2,1-3H3,(H,23,24);1H. The van der Waals surface area contributed by atoms with Crippen LogP contribution in [0.5, 0.6) is 0 Å². The molecule has 1 N–H and O–H groups in total. The highest BCUT2D eigenvalue weighted by Crippen LogP contribution is 2.50. The first kappa shape index (κ1) is 22.1. The molecule has 7 heteroatoms. The molecule has 0 bridgehead atoms. The van der Waals surface area contributed by atoms with Gasteiger partial charge in [-0.05, 0) is 37.8 Å². The smallest absolute Gasteiger partial charge is 0.198 e. The average Bonchev–Trinajstić information content (AvgIpc) is 3.40. The summed E-state index contributed by atoms with van der Waals surface area (Å²) in [7, 11) is 2.00. The van der Waals surface area contributed by atoms with Crippen molar-refractivity contribution in [3.05, 3.63) is 41.5 Å². The Hall–Kier alpha value is -1.64. The predicted octanol–water partition coefficient (Wildman–Crippen LogP) is 4.32. The Morgan fingerprint density at radius 3 is 2.66 bits per heavy atom. The number of hydrogen-bond acceptors (Lipinski definition) is 3. The first-order valence-corrected chi connectivity index (χ1v) is 10.6. The largest absolute Gasteiger partial charge is 0.356 e. The normalized spacial score (nSPS) is 17.5. The fourth-order valence-corrected chi connectivity index (χ4v) is 4.65. The van der Waals surface area contributed by atoms with Crippen molar-refractivity contribution in [3.8, 4) is 0 Å². The number of aryl methyl sites for hydroxylation is 1. The number of hydrogen-bond donors (Lipinski definition) is 1. The van der Waals surface area contributed by atoms with E-state index in [0.29, 0.717) is 12.0 Å². The summed E-state index contributed by atoms with van der Waals surface area (Å²) in [5, 5.41) is 12.1. The number of aromatic nitrogens is 3. The molecule has 29 heavy (non-hydrogen) atoms. The maximum atomic E-state index is 4.98. The van der Waals surface area contributed by atoms with Gasteiger partial charge < -0.3 is 14.8 Å². The molecule has 1 aliphatic carbocycles. The molecule has 1 spiro atoms. The second-order valence-corrected chi connectivity index (χ2v) is 8.23. The van der Waals surface area contributed by atoms with Gasteiger partial charge in [0.25, 0.3) is 0 Å². The Labute approximate surface area is 191 Å². The van der Waals surface area contributed by atoms with Crippen LogP contribution in [0.1, 0.15) is 62.7 Å². The van der Waals surface area contributed by atoms with E-state index in [9.17, 15) is 0 Å². The summed E-state index contributed by atoms with van der Waals surface area (Å²) in [6.45, 7) is 6.71. The highest BCUT2D eigenvalue weighted by molar-refractivity contribution is 14.0. The van der Waals surface area contributed by atoms with Crippen LogP contribution in [0.25, 0.3) is 0 Å². The minimum atomic E-state index is 0. The lowest BCUT2D eigenvalue weighted by Crippen LogP contribution is -2.44. The van der Waals surface area contributed by atoms with Crippen molar-refractivity contribution < 1.29 is 0 Å².